The van der Waals surface area contributed by atoms with Crippen LogP contribution in [0.4, 0.5) is 4.39 Å². The van der Waals surface area contributed by atoms with Gasteiger partial charge < -0.3 is 4.74 Å². The van der Waals surface area contributed by atoms with Crippen LogP contribution in [-0.2, 0) is 23.5 Å². The molecule has 4 nitrogen and oxygen atoms in total. The highest BCUT2D eigenvalue weighted by atomic mass is 32.2. The van der Waals surface area contributed by atoms with Crippen molar-refractivity contribution >= 4 is 43.5 Å². The predicted octanol–water partition coefficient (Wildman–Crippen LogP) is 7.19. The molecule has 5 aromatic rings. The van der Waals surface area contributed by atoms with Crippen molar-refractivity contribution in [1.29, 1.82) is 0 Å². The Balaban J connectivity index is 1.52. The Kier molecular flexibility index (Phi) is 5.36. The summed E-state index contributed by atoms with van der Waals surface area (Å²) in [6.07, 6.45) is 2.44. The van der Waals surface area contributed by atoms with Gasteiger partial charge in [0, 0.05) is 28.7 Å². The van der Waals surface area contributed by atoms with Crippen LogP contribution in [0, 0.1) is 5.82 Å². The summed E-state index contributed by atoms with van der Waals surface area (Å²) in [7, 11) is 0. The van der Waals surface area contributed by atoms with E-state index in [1.54, 1.807) is 29.4 Å². The maximum absolute atomic E-state index is 13.3. The minimum Gasteiger partial charge on any atom is -0.370 e. The van der Waals surface area contributed by atoms with Gasteiger partial charge in [0.05, 0.1) is 28.1 Å². The minimum absolute atomic E-state index is 0.223. The second-order valence-electron chi connectivity index (χ2n) is 9.06. The van der Waals surface area contributed by atoms with Gasteiger partial charge in [-0.3, -0.25) is 0 Å². The van der Waals surface area contributed by atoms with Gasteiger partial charge in [0.25, 0.3) is 0 Å². The molecule has 0 N–H and O–H groups in total. The van der Waals surface area contributed by atoms with E-state index < -0.39 is 0 Å². The lowest BCUT2D eigenvalue weighted by Crippen LogP contribution is -2.32. The number of ether oxygens (including phenoxy) is 1. The van der Waals surface area contributed by atoms with E-state index in [-0.39, 0.29) is 11.4 Å². The number of hydrogen-bond acceptors (Lipinski definition) is 6. The molecule has 0 fully saturated rings. The second kappa shape index (κ2) is 8.41. The van der Waals surface area contributed by atoms with Crippen molar-refractivity contribution in [2.24, 2.45) is 0 Å². The molecule has 4 heterocycles. The van der Waals surface area contributed by atoms with Crippen LogP contribution in [0.25, 0.3) is 31.7 Å². The molecule has 2 aromatic carbocycles. The van der Waals surface area contributed by atoms with E-state index in [1.165, 1.54) is 17.7 Å². The molecular weight excluding hydrogens is 465 g/mol. The summed E-state index contributed by atoms with van der Waals surface area (Å²) < 4.78 is 20.5. The fourth-order valence-electron chi connectivity index (χ4n) is 4.46. The summed E-state index contributed by atoms with van der Waals surface area (Å²) in [4.78, 5) is 15.4. The number of hydrogen-bond donors (Lipinski definition) is 0. The Labute approximate surface area is 205 Å². The molecule has 0 atom stereocenters. The Bertz CT molecular complexity index is 1510. The third-order valence-electron chi connectivity index (χ3n) is 6.13. The quantitative estimate of drug-likeness (QED) is 0.198. The number of benzene rings is 2. The van der Waals surface area contributed by atoms with Crippen molar-refractivity contribution in [1.82, 2.24) is 15.0 Å². The standard InChI is InChI=1S/C27H22FN3OS2/c1-27(2)12-19-20(13-32-27)22(17-6-4-3-5-7-17)31-25-21(19)23-24(34-25)26(30-15-29-23)33-14-16-8-10-18(28)11-9-16/h3-11,15H,12-14H2,1-2H3. The number of halogens is 1. The van der Waals surface area contributed by atoms with Crippen molar-refractivity contribution in [2.75, 3.05) is 0 Å². The highest BCUT2D eigenvalue weighted by Crippen LogP contribution is 2.44. The molecule has 0 unspecified atom stereocenters. The molecule has 0 aliphatic carbocycles. The zero-order valence-electron chi connectivity index (χ0n) is 18.8. The first-order valence-electron chi connectivity index (χ1n) is 11.1. The number of thioether (sulfide) groups is 1. The number of pyridine rings is 1. The van der Waals surface area contributed by atoms with Gasteiger partial charge in [0.1, 0.15) is 22.0 Å². The van der Waals surface area contributed by atoms with E-state index in [1.807, 2.05) is 30.3 Å². The van der Waals surface area contributed by atoms with Crippen molar-refractivity contribution < 1.29 is 9.13 Å². The van der Waals surface area contributed by atoms with Crippen LogP contribution in [0.1, 0.15) is 30.5 Å². The van der Waals surface area contributed by atoms with Gasteiger partial charge in [-0.2, -0.15) is 0 Å². The molecule has 0 radical (unpaired) electrons. The van der Waals surface area contributed by atoms with Gasteiger partial charge in [0.2, 0.25) is 0 Å². The van der Waals surface area contributed by atoms with Gasteiger partial charge >= 0.3 is 0 Å². The average molecular weight is 488 g/mol. The number of nitrogens with zero attached hydrogens (tertiary/aromatic N) is 3. The van der Waals surface area contributed by atoms with E-state index >= 15 is 0 Å². The molecule has 0 saturated carbocycles. The van der Waals surface area contributed by atoms with Crippen molar-refractivity contribution in [3.8, 4) is 11.3 Å². The summed E-state index contributed by atoms with van der Waals surface area (Å²) in [5, 5.41) is 2.05. The van der Waals surface area contributed by atoms with Gasteiger partial charge in [-0.05, 0) is 37.1 Å². The Morgan fingerprint density at radius 3 is 2.62 bits per heavy atom. The fraction of sp³-hybridized carbons (Fsp3) is 0.222. The lowest BCUT2D eigenvalue weighted by Gasteiger charge is -2.33. The molecule has 0 bridgehead atoms. The number of aromatic nitrogens is 3. The van der Waals surface area contributed by atoms with Gasteiger partial charge in [-0.25, -0.2) is 19.3 Å². The van der Waals surface area contributed by atoms with Gasteiger partial charge in [-0.15, -0.1) is 23.1 Å². The Morgan fingerprint density at radius 2 is 1.82 bits per heavy atom. The van der Waals surface area contributed by atoms with E-state index in [0.717, 1.165) is 54.3 Å². The summed E-state index contributed by atoms with van der Waals surface area (Å²) in [5.74, 6) is 0.488. The van der Waals surface area contributed by atoms with Crippen molar-refractivity contribution in [3.05, 3.63) is 83.4 Å². The molecule has 0 spiro atoms. The second-order valence-corrected chi connectivity index (χ2v) is 11.0. The molecule has 3 aromatic heterocycles. The molecule has 1 aliphatic rings. The van der Waals surface area contributed by atoms with Crippen LogP contribution in [0.15, 0.2) is 66.0 Å². The van der Waals surface area contributed by atoms with E-state index in [2.05, 4.69) is 31.0 Å². The molecule has 34 heavy (non-hydrogen) atoms. The molecule has 0 amide bonds. The van der Waals surface area contributed by atoms with E-state index in [4.69, 9.17) is 14.7 Å². The molecule has 6 rings (SSSR count). The molecule has 7 heteroatoms. The molecular formula is C27H22FN3OS2. The van der Waals surface area contributed by atoms with Gasteiger partial charge in [0.15, 0.2) is 0 Å². The van der Waals surface area contributed by atoms with Crippen LogP contribution < -0.4 is 0 Å². The zero-order valence-corrected chi connectivity index (χ0v) is 20.5. The van der Waals surface area contributed by atoms with E-state index in [9.17, 15) is 4.39 Å². The SMILES string of the molecule is CC1(C)Cc2c(c(-c3ccccc3)nc3sc4c(SCc5ccc(F)cc5)ncnc4c23)CO1. The lowest BCUT2D eigenvalue weighted by atomic mass is 9.88. The van der Waals surface area contributed by atoms with E-state index in [0.29, 0.717) is 12.4 Å². The van der Waals surface area contributed by atoms with Crippen LogP contribution >= 0.6 is 23.1 Å². The fourth-order valence-corrected chi connectivity index (χ4v) is 6.65. The smallest absolute Gasteiger partial charge is 0.127 e. The lowest BCUT2D eigenvalue weighted by molar-refractivity contribution is -0.0394. The first-order chi connectivity index (χ1) is 16.5. The van der Waals surface area contributed by atoms with Crippen LogP contribution in [-0.4, -0.2) is 20.6 Å². The highest BCUT2D eigenvalue weighted by Gasteiger charge is 2.32. The van der Waals surface area contributed by atoms with Crippen LogP contribution in [0.3, 0.4) is 0 Å². The molecule has 1 aliphatic heterocycles. The first-order valence-corrected chi connectivity index (χ1v) is 12.9. The number of rotatable bonds is 4. The van der Waals surface area contributed by atoms with Gasteiger partial charge in [-0.1, -0.05) is 42.5 Å². The molecule has 170 valence electrons. The highest BCUT2D eigenvalue weighted by molar-refractivity contribution is 7.98. The molecule has 0 saturated heterocycles. The normalized spacial score (nSPS) is 15.0. The number of fused-ring (bicyclic) bond motifs is 5. The third-order valence-corrected chi connectivity index (χ3v) is 8.40. The van der Waals surface area contributed by atoms with Crippen molar-refractivity contribution in [2.45, 2.75) is 43.3 Å². The van der Waals surface area contributed by atoms with Crippen LogP contribution in [0.5, 0.6) is 0 Å². The Hall–Kier alpha value is -2.87. The van der Waals surface area contributed by atoms with Crippen LogP contribution in [0.2, 0.25) is 0 Å². The predicted molar refractivity (Wildman–Crippen MR) is 137 cm³/mol. The average Bonchev–Trinajstić information content (AvgIpc) is 3.22. The summed E-state index contributed by atoms with van der Waals surface area (Å²) in [6, 6.07) is 16.9. The number of thiophene rings is 1. The maximum atomic E-state index is 13.3. The minimum atomic E-state index is -0.253. The van der Waals surface area contributed by atoms with Crippen molar-refractivity contribution in [3.63, 3.8) is 0 Å². The monoisotopic (exact) mass is 487 g/mol. The third kappa shape index (κ3) is 3.87. The first kappa shape index (κ1) is 21.6. The maximum Gasteiger partial charge on any atom is 0.127 e. The summed E-state index contributed by atoms with van der Waals surface area (Å²) in [5.41, 5.74) is 6.27. The largest absolute Gasteiger partial charge is 0.370 e. The Morgan fingerprint density at radius 1 is 1.03 bits per heavy atom. The summed E-state index contributed by atoms with van der Waals surface area (Å²) in [6.45, 7) is 4.81. The topological polar surface area (TPSA) is 47.9 Å². The zero-order chi connectivity index (χ0) is 23.3. The summed E-state index contributed by atoms with van der Waals surface area (Å²) >= 11 is 3.30.